The van der Waals surface area contributed by atoms with Crippen LogP contribution < -0.4 is 10.6 Å². The summed E-state index contributed by atoms with van der Waals surface area (Å²) in [6, 6.07) is 0.475. The number of methoxy groups -OCH3 is 1. The van der Waals surface area contributed by atoms with Gasteiger partial charge in [-0.1, -0.05) is 0 Å². The van der Waals surface area contributed by atoms with Crippen LogP contribution in [0, 0.1) is 6.92 Å². The first-order valence-electron chi connectivity index (χ1n) is 5.53. The zero-order valence-corrected chi connectivity index (χ0v) is 9.95. The minimum Gasteiger partial charge on any atom is -0.381 e. The van der Waals surface area contributed by atoms with Gasteiger partial charge in [0.2, 0.25) is 0 Å². The summed E-state index contributed by atoms with van der Waals surface area (Å²) in [5, 5.41) is 6.46. The first-order chi connectivity index (χ1) is 7.74. The molecule has 1 heterocycles. The highest BCUT2D eigenvalue weighted by molar-refractivity contribution is 5.56. The van der Waals surface area contributed by atoms with Gasteiger partial charge in [0.15, 0.2) is 0 Å². The molecule has 0 aliphatic heterocycles. The van der Waals surface area contributed by atoms with E-state index in [2.05, 4.69) is 20.6 Å². The number of nitrogens with one attached hydrogen (secondary N) is 2. The second-order valence-corrected chi connectivity index (χ2v) is 4.12. The molecule has 0 atom stereocenters. The summed E-state index contributed by atoms with van der Waals surface area (Å²) in [5.74, 6) is 1.79. The van der Waals surface area contributed by atoms with Gasteiger partial charge in [-0.3, -0.25) is 0 Å². The van der Waals surface area contributed by atoms with Gasteiger partial charge in [-0.2, -0.15) is 0 Å². The lowest BCUT2D eigenvalue weighted by molar-refractivity contribution is 0.0328. The fraction of sp³-hybridized carbons (Fsp3) is 0.636. The standard InChI is InChI=1S/C11H18N4O/c1-7-10(12-2)13-6-14-11(7)15-8-4-9(5-8)16-3/h6,8-9H,4-5H2,1-3H3,(H2,12,13,14,15). The molecule has 0 unspecified atom stereocenters. The average molecular weight is 222 g/mol. The van der Waals surface area contributed by atoms with E-state index in [-0.39, 0.29) is 0 Å². The van der Waals surface area contributed by atoms with Crippen LogP contribution in [-0.2, 0) is 4.74 Å². The maximum atomic E-state index is 5.24. The molecule has 1 aromatic rings. The molecule has 0 radical (unpaired) electrons. The van der Waals surface area contributed by atoms with Crippen LogP contribution in [0.5, 0.6) is 0 Å². The molecule has 2 N–H and O–H groups in total. The lowest BCUT2D eigenvalue weighted by atomic mass is 9.89. The van der Waals surface area contributed by atoms with E-state index in [0.29, 0.717) is 12.1 Å². The Kier molecular flexibility index (Phi) is 3.24. The average Bonchev–Trinajstić information content (AvgIpc) is 2.25. The molecule has 1 aromatic heterocycles. The molecular formula is C11H18N4O. The quantitative estimate of drug-likeness (QED) is 0.806. The van der Waals surface area contributed by atoms with Crippen molar-refractivity contribution in [3.8, 4) is 0 Å². The molecule has 0 amide bonds. The molecule has 5 heteroatoms. The summed E-state index contributed by atoms with van der Waals surface area (Å²) in [7, 11) is 3.62. The number of nitrogens with zero attached hydrogens (tertiary/aromatic N) is 2. The molecule has 5 nitrogen and oxygen atoms in total. The lowest BCUT2D eigenvalue weighted by Gasteiger charge is -2.35. The van der Waals surface area contributed by atoms with Gasteiger partial charge in [-0.25, -0.2) is 9.97 Å². The van der Waals surface area contributed by atoms with Crippen LogP contribution in [0.2, 0.25) is 0 Å². The Labute approximate surface area is 95.6 Å². The molecular weight excluding hydrogens is 204 g/mol. The Balaban J connectivity index is 2.00. The summed E-state index contributed by atoms with van der Waals surface area (Å²) < 4.78 is 5.24. The van der Waals surface area contributed by atoms with E-state index in [4.69, 9.17) is 4.74 Å². The SMILES string of the molecule is CNc1ncnc(NC2CC(OC)C2)c1C. The molecule has 0 saturated heterocycles. The number of rotatable bonds is 4. The fourth-order valence-corrected chi connectivity index (χ4v) is 1.92. The van der Waals surface area contributed by atoms with E-state index < -0.39 is 0 Å². The largest absolute Gasteiger partial charge is 0.381 e. The first kappa shape index (κ1) is 11.1. The topological polar surface area (TPSA) is 59.1 Å². The molecule has 1 fully saturated rings. The van der Waals surface area contributed by atoms with Crippen molar-refractivity contribution in [3.05, 3.63) is 11.9 Å². The van der Waals surface area contributed by atoms with E-state index in [1.807, 2.05) is 14.0 Å². The van der Waals surface area contributed by atoms with Gasteiger partial charge in [0, 0.05) is 25.8 Å². The van der Waals surface area contributed by atoms with Crippen molar-refractivity contribution in [3.63, 3.8) is 0 Å². The van der Waals surface area contributed by atoms with E-state index in [1.165, 1.54) is 0 Å². The van der Waals surface area contributed by atoms with Crippen LogP contribution in [-0.4, -0.2) is 36.3 Å². The van der Waals surface area contributed by atoms with Crippen LogP contribution in [0.4, 0.5) is 11.6 Å². The minimum atomic E-state index is 0.406. The van der Waals surface area contributed by atoms with Gasteiger partial charge in [0.25, 0.3) is 0 Å². The molecule has 88 valence electrons. The molecule has 0 bridgehead atoms. The highest BCUT2D eigenvalue weighted by Gasteiger charge is 2.29. The van der Waals surface area contributed by atoms with E-state index in [1.54, 1.807) is 13.4 Å². The van der Waals surface area contributed by atoms with Gasteiger partial charge in [0.1, 0.15) is 18.0 Å². The summed E-state index contributed by atoms with van der Waals surface area (Å²) in [6.45, 7) is 2.01. The number of hydrogen-bond acceptors (Lipinski definition) is 5. The minimum absolute atomic E-state index is 0.406. The number of hydrogen-bond donors (Lipinski definition) is 2. The van der Waals surface area contributed by atoms with Gasteiger partial charge in [0.05, 0.1) is 6.10 Å². The Morgan fingerprint density at radius 2 is 2.00 bits per heavy atom. The maximum absolute atomic E-state index is 5.24. The van der Waals surface area contributed by atoms with Crippen molar-refractivity contribution in [1.82, 2.24) is 9.97 Å². The third-order valence-corrected chi connectivity index (χ3v) is 3.09. The molecule has 1 aliphatic rings. The Morgan fingerprint density at radius 1 is 1.31 bits per heavy atom. The van der Waals surface area contributed by atoms with Crippen molar-refractivity contribution < 1.29 is 4.74 Å². The third kappa shape index (κ3) is 2.09. The zero-order valence-electron chi connectivity index (χ0n) is 9.95. The monoisotopic (exact) mass is 222 g/mol. The first-order valence-corrected chi connectivity index (χ1v) is 5.53. The Hall–Kier alpha value is -1.36. The lowest BCUT2D eigenvalue weighted by Crippen LogP contribution is -2.40. The van der Waals surface area contributed by atoms with Crippen molar-refractivity contribution in [2.24, 2.45) is 0 Å². The zero-order chi connectivity index (χ0) is 11.5. The van der Waals surface area contributed by atoms with Crippen LogP contribution in [0.1, 0.15) is 18.4 Å². The summed E-state index contributed by atoms with van der Waals surface area (Å²) in [5.41, 5.74) is 1.06. The second kappa shape index (κ2) is 4.65. The van der Waals surface area contributed by atoms with Crippen LogP contribution in [0.3, 0.4) is 0 Å². The van der Waals surface area contributed by atoms with E-state index >= 15 is 0 Å². The Bertz CT molecular complexity index is 363. The highest BCUT2D eigenvalue weighted by atomic mass is 16.5. The molecule has 0 aromatic carbocycles. The van der Waals surface area contributed by atoms with E-state index in [0.717, 1.165) is 30.0 Å². The molecule has 1 saturated carbocycles. The second-order valence-electron chi connectivity index (χ2n) is 4.12. The normalized spacial score (nSPS) is 23.7. The van der Waals surface area contributed by atoms with Crippen LogP contribution in [0.25, 0.3) is 0 Å². The molecule has 2 rings (SSSR count). The number of ether oxygens (including phenoxy) is 1. The van der Waals surface area contributed by atoms with Gasteiger partial charge >= 0.3 is 0 Å². The summed E-state index contributed by atoms with van der Waals surface area (Å²) in [4.78, 5) is 8.41. The molecule has 0 spiro atoms. The third-order valence-electron chi connectivity index (χ3n) is 3.09. The predicted octanol–water partition coefficient (Wildman–Crippen LogP) is 1.42. The number of anilines is 2. The van der Waals surface area contributed by atoms with Gasteiger partial charge < -0.3 is 15.4 Å². The van der Waals surface area contributed by atoms with Crippen molar-refractivity contribution in [2.75, 3.05) is 24.8 Å². The molecule has 1 aliphatic carbocycles. The van der Waals surface area contributed by atoms with Crippen molar-refractivity contribution >= 4 is 11.6 Å². The highest BCUT2D eigenvalue weighted by Crippen LogP contribution is 2.27. The molecule has 16 heavy (non-hydrogen) atoms. The van der Waals surface area contributed by atoms with E-state index in [9.17, 15) is 0 Å². The predicted molar refractivity (Wildman–Crippen MR) is 63.8 cm³/mol. The van der Waals surface area contributed by atoms with Gasteiger partial charge in [-0.05, 0) is 19.8 Å². The van der Waals surface area contributed by atoms with Crippen molar-refractivity contribution in [2.45, 2.75) is 31.9 Å². The van der Waals surface area contributed by atoms with Crippen LogP contribution >= 0.6 is 0 Å². The van der Waals surface area contributed by atoms with Gasteiger partial charge in [-0.15, -0.1) is 0 Å². The summed E-state index contributed by atoms with van der Waals surface area (Å²) >= 11 is 0. The Morgan fingerprint density at radius 3 is 2.62 bits per heavy atom. The maximum Gasteiger partial charge on any atom is 0.134 e. The summed E-state index contributed by atoms with van der Waals surface area (Å²) in [6.07, 6.45) is 4.08. The fourth-order valence-electron chi connectivity index (χ4n) is 1.92. The smallest absolute Gasteiger partial charge is 0.134 e. The number of aromatic nitrogens is 2. The van der Waals surface area contributed by atoms with Crippen molar-refractivity contribution in [1.29, 1.82) is 0 Å². The van der Waals surface area contributed by atoms with Crippen LogP contribution in [0.15, 0.2) is 6.33 Å².